The average Bonchev–Trinajstić information content (AvgIpc) is 3.60. The molecule has 0 amide bonds. The average molecular weight is 1280 g/mol. The fraction of sp³-hybridized carbons (Fsp3) is 0.949. The maximum atomic E-state index is 12.9. The molecule has 2 unspecified atom stereocenters. The van der Waals surface area contributed by atoms with Gasteiger partial charge in [0.2, 0.25) is 0 Å². The third kappa shape index (κ3) is 75.7. The van der Waals surface area contributed by atoms with E-state index in [4.69, 9.17) is 18.5 Å². The van der Waals surface area contributed by atoms with Gasteiger partial charge in [0, 0.05) is 12.8 Å². The van der Waals surface area contributed by atoms with Gasteiger partial charge in [0.15, 0.2) is 6.10 Å². The Labute approximate surface area is 556 Å². The van der Waals surface area contributed by atoms with Gasteiger partial charge in [-0.05, 0) is 38.5 Å². The summed E-state index contributed by atoms with van der Waals surface area (Å²) in [5, 5.41) is 0. The predicted molar refractivity (Wildman–Crippen MR) is 384 cm³/mol. The van der Waals surface area contributed by atoms with E-state index in [1.807, 2.05) is 21.1 Å². The molecule has 0 rings (SSSR count). The summed E-state index contributed by atoms with van der Waals surface area (Å²) in [6.07, 6.45) is 89.2. The van der Waals surface area contributed by atoms with E-state index in [9.17, 15) is 19.0 Å². The molecule has 0 aromatic heterocycles. The van der Waals surface area contributed by atoms with Crippen LogP contribution in [0.5, 0.6) is 0 Å². The number of phosphoric ester groups is 1. The minimum Gasteiger partial charge on any atom is -0.756 e. The zero-order valence-electron chi connectivity index (χ0n) is 60.7. The van der Waals surface area contributed by atoms with Gasteiger partial charge in [0.1, 0.15) is 19.8 Å². The van der Waals surface area contributed by atoms with Crippen molar-refractivity contribution >= 4 is 19.8 Å². The highest BCUT2D eigenvalue weighted by Gasteiger charge is 2.22. The largest absolute Gasteiger partial charge is 0.756 e. The fourth-order valence-electron chi connectivity index (χ4n) is 12.4. The third-order valence-corrected chi connectivity index (χ3v) is 19.5. The summed E-state index contributed by atoms with van der Waals surface area (Å²) in [7, 11) is 1.20. The van der Waals surface area contributed by atoms with Crippen LogP contribution >= 0.6 is 7.82 Å². The van der Waals surface area contributed by atoms with Crippen molar-refractivity contribution in [2.75, 3.05) is 47.5 Å². The Balaban J connectivity index is 3.90. The van der Waals surface area contributed by atoms with Crippen molar-refractivity contribution in [3.8, 4) is 0 Å². The molecule has 0 aliphatic rings. The lowest BCUT2D eigenvalue weighted by Crippen LogP contribution is -2.37. The highest BCUT2D eigenvalue weighted by Crippen LogP contribution is 2.38. The molecule has 0 aliphatic carbocycles. The molecule has 0 radical (unpaired) electrons. The number of hydrogen-bond acceptors (Lipinski definition) is 8. The Morgan fingerprint density at radius 2 is 0.573 bits per heavy atom. The Hall–Kier alpha value is -1.25. The summed E-state index contributed by atoms with van der Waals surface area (Å²) >= 11 is 0. The first-order chi connectivity index (χ1) is 43.5. The van der Waals surface area contributed by atoms with Crippen LogP contribution in [0.15, 0.2) is 12.2 Å². The molecule has 0 aliphatic heterocycles. The molecule has 0 aromatic rings. The molecular weight excluding hydrogens is 1120 g/mol. The van der Waals surface area contributed by atoms with Gasteiger partial charge in [-0.1, -0.05) is 392 Å². The van der Waals surface area contributed by atoms with Crippen LogP contribution in [-0.4, -0.2) is 70.0 Å². The smallest absolute Gasteiger partial charge is 0.306 e. The van der Waals surface area contributed by atoms with Gasteiger partial charge in [0.25, 0.3) is 7.82 Å². The second-order valence-corrected chi connectivity index (χ2v) is 30.2. The van der Waals surface area contributed by atoms with Crippen molar-refractivity contribution in [2.45, 2.75) is 437 Å². The number of carbonyl (C=O) groups excluding carboxylic acids is 2. The number of hydrogen-bond donors (Lipinski definition) is 0. The molecule has 10 heteroatoms. The minimum atomic E-state index is -4.64. The van der Waals surface area contributed by atoms with Gasteiger partial charge in [-0.2, -0.15) is 0 Å². The van der Waals surface area contributed by atoms with E-state index in [-0.39, 0.29) is 32.0 Å². The molecule has 0 saturated carbocycles. The Bertz CT molecular complexity index is 1500. The molecule has 0 bridgehead atoms. The molecule has 89 heavy (non-hydrogen) atoms. The molecule has 530 valence electrons. The van der Waals surface area contributed by atoms with Gasteiger partial charge in [-0.15, -0.1) is 0 Å². The lowest BCUT2D eigenvalue weighted by molar-refractivity contribution is -0.870. The highest BCUT2D eigenvalue weighted by molar-refractivity contribution is 7.45. The molecule has 0 fully saturated rings. The van der Waals surface area contributed by atoms with Crippen molar-refractivity contribution in [1.29, 1.82) is 0 Å². The van der Waals surface area contributed by atoms with E-state index >= 15 is 0 Å². The van der Waals surface area contributed by atoms with Crippen molar-refractivity contribution < 1.29 is 42.1 Å². The molecular formula is C79H156NO8P. The summed E-state index contributed by atoms with van der Waals surface area (Å²) in [5.74, 6) is -0.803. The molecule has 9 nitrogen and oxygen atoms in total. The van der Waals surface area contributed by atoms with Crippen LogP contribution < -0.4 is 4.89 Å². The summed E-state index contributed by atoms with van der Waals surface area (Å²) in [4.78, 5) is 38.2. The maximum absolute atomic E-state index is 12.9. The van der Waals surface area contributed by atoms with Crippen LogP contribution in [0.4, 0.5) is 0 Å². The Kier molecular flexibility index (Phi) is 70.1. The zero-order valence-corrected chi connectivity index (χ0v) is 61.6. The topological polar surface area (TPSA) is 111 Å². The number of esters is 2. The Morgan fingerprint density at radius 1 is 0.337 bits per heavy atom. The van der Waals surface area contributed by atoms with Crippen LogP contribution in [-0.2, 0) is 32.7 Å². The maximum Gasteiger partial charge on any atom is 0.306 e. The lowest BCUT2D eigenvalue weighted by atomic mass is 10.0. The number of nitrogens with zero attached hydrogens (tertiary/aromatic N) is 1. The quantitative estimate of drug-likeness (QED) is 0.0195. The number of allylic oxidation sites excluding steroid dienone is 2. The van der Waals surface area contributed by atoms with E-state index in [0.717, 1.165) is 32.1 Å². The van der Waals surface area contributed by atoms with Crippen molar-refractivity contribution in [2.24, 2.45) is 0 Å². The summed E-state index contributed by atoms with van der Waals surface area (Å²) in [6, 6.07) is 0. The third-order valence-electron chi connectivity index (χ3n) is 18.5. The zero-order chi connectivity index (χ0) is 64.8. The first kappa shape index (κ1) is 87.8. The van der Waals surface area contributed by atoms with E-state index in [1.165, 1.54) is 366 Å². The van der Waals surface area contributed by atoms with Crippen LogP contribution in [0.2, 0.25) is 0 Å². The number of quaternary nitrogens is 1. The molecule has 2 atom stereocenters. The Morgan fingerprint density at radius 3 is 0.831 bits per heavy atom. The number of unbranched alkanes of at least 4 members (excludes halogenated alkanes) is 60. The van der Waals surface area contributed by atoms with Crippen LogP contribution in [0.3, 0.4) is 0 Å². The molecule has 0 aromatic carbocycles. The predicted octanol–water partition coefficient (Wildman–Crippen LogP) is 25.6. The second kappa shape index (κ2) is 71.1. The van der Waals surface area contributed by atoms with Gasteiger partial charge < -0.3 is 27.9 Å². The lowest BCUT2D eigenvalue weighted by Gasteiger charge is -2.28. The first-order valence-corrected chi connectivity index (χ1v) is 41.4. The SMILES string of the molecule is CCCCCCCCCC/C=C\CCCCCCCCCCCCCCCCCCCCCC(=O)OC(COC(=O)CCCCCCCCCCCCCCCCCCCCCCCCCCCCCCCCCCCC)COP(=O)([O-])OCC[N+](C)(C)C. The molecule has 0 heterocycles. The van der Waals surface area contributed by atoms with Crippen LogP contribution in [0.25, 0.3) is 0 Å². The molecule has 0 spiro atoms. The van der Waals surface area contributed by atoms with Gasteiger partial charge >= 0.3 is 11.9 Å². The number of likely N-dealkylation sites (N-methyl/N-ethyl adjacent to an activating group) is 1. The second-order valence-electron chi connectivity index (χ2n) is 28.8. The summed E-state index contributed by atoms with van der Waals surface area (Å²) in [6.45, 7) is 4.34. The van der Waals surface area contributed by atoms with E-state index in [0.29, 0.717) is 17.4 Å². The molecule has 0 N–H and O–H groups in total. The number of ether oxygens (including phenoxy) is 2. The van der Waals surface area contributed by atoms with Gasteiger partial charge in [0.05, 0.1) is 27.7 Å². The van der Waals surface area contributed by atoms with E-state index in [1.54, 1.807) is 0 Å². The van der Waals surface area contributed by atoms with Crippen molar-refractivity contribution in [1.82, 2.24) is 0 Å². The summed E-state index contributed by atoms with van der Waals surface area (Å²) in [5.41, 5.74) is 0. The first-order valence-electron chi connectivity index (χ1n) is 39.9. The minimum absolute atomic E-state index is 0.0257. The standard InChI is InChI=1S/C79H156NO8P/c1-6-8-10-12-14-16-18-20-22-24-26-28-30-32-34-36-38-39-40-42-43-45-47-49-51-53-55-57-59-61-63-65-67-69-71-78(81)85-75-77(76-87-89(83,84)86-74-73-80(3,4)5)88-79(82)72-70-68-66-64-62-60-58-56-54-52-50-48-46-44-41-37-35-33-31-29-27-25-23-21-19-17-15-13-11-9-7-2/h25,27,77H,6-24,26,28-76H2,1-5H3/b27-25-. The van der Waals surface area contributed by atoms with E-state index < -0.39 is 26.5 Å². The number of phosphoric acid groups is 1. The molecule has 0 saturated heterocycles. The summed E-state index contributed by atoms with van der Waals surface area (Å²) < 4.78 is 34.4. The highest BCUT2D eigenvalue weighted by atomic mass is 31.2. The monoisotopic (exact) mass is 1280 g/mol. The number of carbonyl (C=O) groups is 2. The number of rotatable bonds is 76. The normalized spacial score (nSPS) is 13.0. The fourth-order valence-corrected chi connectivity index (χ4v) is 13.2. The van der Waals surface area contributed by atoms with Crippen molar-refractivity contribution in [3.05, 3.63) is 12.2 Å². The van der Waals surface area contributed by atoms with Crippen LogP contribution in [0, 0.1) is 0 Å². The van der Waals surface area contributed by atoms with Gasteiger partial charge in [-0.25, -0.2) is 0 Å². The van der Waals surface area contributed by atoms with E-state index in [2.05, 4.69) is 26.0 Å². The van der Waals surface area contributed by atoms with Crippen molar-refractivity contribution in [3.63, 3.8) is 0 Å². The van der Waals surface area contributed by atoms with Crippen LogP contribution in [0.1, 0.15) is 431 Å². The van der Waals surface area contributed by atoms with Gasteiger partial charge in [-0.3, -0.25) is 14.2 Å².